The molecule has 3 N–H and O–H groups in total. The number of ether oxygens (including phenoxy) is 1. The molecule has 0 radical (unpaired) electrons. The zero-order chi connectivity index (χ0) is 8.10. The van der Waals surface area contributed by atoms with Crippen LogP contribution in [0.5, 0.6) is 0 Å². The van der Waals surface area contributed by atoms with Crippen molar-refractivity contribution in [3.05, 3.63) is 0 Å². The fraction of sp³-hybridized carbons (Fsp3) is 1.00. The monoisotopic (exact) mass is 159 g/mol. The molecule has 1 heterocycles. The molecular formula is C8H17NO2. The Kier molecular flexibility index (Phi) is 3.83. The first-order valence-corrected chi connectivity index (χ1v) is 4.34. The minimum Gasteiger partial charge on any atom is -0.390 e. The fourth-order valence-electron chi connectivity index (χ4n) is 1.43. The van der Waals surface area contributed by atoms with Crippen LogP contribution in [0.25, 0.3) is 0 Å². The summed E-state index contributed by atoms with van der Waals surface area (Å²) in [6.07, 6.45) is 3.65. The van der Waals surface area contributed by atoms with Crippen molar-refractivity contribution >= 4 is 0 Å². The van der Waals surface area contributed by atoms with E-state index in [4.69, 9.17) is 10.5 Å². The van der Waals surface area contributed by atoms with Crippen LogP contribution in [0.1, 0.15) is 25.7 Å². The van der Waals surface area contributed by atoms with Gasteiger partial charge >= 0.3 is 0 Å². The highest BCUT2D eigenvalue weighted by atomic mass is 16.5. The zero-order valence-electron chi connectivity index (χ0n) is 6.83. The van der Waals surface area contributed by atoms with E-state index in [0.29, 0.717) is 13.0 Å². The number of aliphatic hydroxyl groups excluding tert-OH is 1. The maximum atomic E-state index is 9.47. The van der Waals surface area contributed by atoms with Crippen LogP contribution in [0.3, 0.4) is 0 Å². The molecule has 1 aliphatic heterocycles. The zero-order valence-corrected chi connectivity index (χ0v) is 6.83. The maximum absolute atomic E-state index is 9.47. The molecule has 66 valence electrons. The summed E-state index contributed by atoms with van der Waals surface area (Å²) in [5, 5.41) is 9.47. The van der Waals surface area contributed by atoms with E-state index in [1.165, 1.54) is 6.42 Å². The van der Waals surface area contributed by atoms with Crippen LogP contribution in [0, 0.1) is 0 Å². The third kappa shape index (κ3) is 2.77. The number of nitrogens with two attached hydrogens (primary N) is 1. The number of aliphatic hydroxyl groups is 1. The van der Waals surface area contributed by atoms with Gasteiger partial charge in [-0.25, -0.2) is 0 Å². The highest BCUT2D eigenvalue weighted by Crippen LogP contribution is 2.16. The van der Waals surface area contributed by atoms with E-state index >= 15 is 0 Å². The van der Waals surface area contributed by atoms with Crippen molar-refractivity contribution in [3.63, 3.8) is 0 Å². The van der Waals surface area contributed by atoms with Gasteiger partial charge in [0.1, 0.15) is 0 Å². The molecule has 0 aromatic heterocycles. The Morgan fingerprint density at radius 3 is 2.91 bits per heavy atom. The standard InChI is InChI=1S/C8H17NO2/c9-5-4-7(10)8-3-1-2-6-11-8/h7-8,10H,1-6,9H2/t7-,8?/m1/s1. The topological polar surface area (TPSA) is 55.5 Å². The molecule has 1 rings (SSSR count). The van der Waals surface area contributed by atoms with Gasteiger partial charge in [-0.05, 0) is 32.2 Å². The minimum atomic E-state index is -0.347. The van der Waals surface area contributed by atoms with Crippen molar-refractivity contribution in [1.29, 1.82) is 0 Å². The van der Waals surface area contributed by atoms with Crippen molar-refractivity contribution in [2.75, 3.05) is 13.2 Å². The lowest BCUT2D eigenvalue weighted by Crippen LogP contribution is -2.33. The molecule has 1 unspecified atom stereocenters. The van der Waals surface area contributed by atoms with E-state index in [9.17, 15) is 5.11 Å². The molecule has 11 heavy (non-hydrogen) atoms. The third-order valence-electron chi connectivity index (χ3n) is 2.11. The quantitative estimate of drug-likeness (QED) is 0.621. The van der Waals surface area contributed by atoms with E-state index in [1.54, 1.807) is 0 Å². The molecule has 2 atom stereocenters. The van der Waals surface area contributed by atoms with E-state index in [-0.39, 0.29) is 12.2 Å². The van der Waals surface area contributed by atoms with Crippen molar-refractivity contribution in [3.8, 4) is 0 Å². The second-order valence-corrected chi connectivity index (χ2v) is 3.05. The van der Waals surface area contributed by atoms with E-state index in [2.05, 4.69) is 0 Å². The number of rotatable bonds is 3. The summed E-state index contributed by atoms with van der Waals surface area (Å²) in [7, 11) is 0. The molecule has 1 saturated heterocycles. The van der Waals surface area contributed by atoms with Gasteiger partial charge in [-0.1, -0.05) is 0 Å². The molecule has 3 heteroatoms. The van der Waals surface area contributed by atoms with Crippen LogP contribution in [-0.4, -0.2) is 30.5 Å². The van der Waals surface area contributed by atoms with Crippen LogP contribution in [0.4, 0.5) is 0 Å². The van der Waals surface area contributed by atoms with Gasteiger partial charge in [0.15, 0.2) is 0 Å². The highest BCUT2D eigenvalue weighted by molar-refractivity contribution is 4.72. The van der Waals surface area contributed by atoms with Gasteiger partial charge in [-0.2, -0.15) is 0 Å². The van der Waals surface area contributed by atoms with Crippen LogP contribution in [-0.2, 0) is 4.74 Å². The first-order chi connectivity index (χ1) is 5.34. The Morgan fingerprint density at radius 1 is 1.55 bits per heavy atom. The van der Waals surface area contributed by atoms with Crippen LogP contribution < -0.4 is 5.73 Å². The highest BCUT2D eigenvalue weighted by Gasteiger charge is 2.21. The molecule has 1 fully saturated rings. The first kappa shape index (κ1) is 8.97. The predicted octanol–water partition coefficient (Wildman–Crippen LogP) is 0.265. The van der Waals surface area contributed by atoms with Crippen molar-refractivity contribution < 1.29 is 9.84 Å². The Balaban J connectivity index is 2.21. The molecule has 0 spiro atoms. The first-order valence-electron chi connectivity index (χ1n) is 4.34. The summed E-state index contributed by atoms with van der Waals surface area (Å²) in [4.78, 5) is 0. The van der Waals surface area contributed by atoms with E-state index < -0.39 is 0 Å². The smallest absolute Gasteiger partial charge is 0.0834 e. The minimum absolute atomic E-state index is 0.0484. The summed E-state index contributed by atoms with van der Waals surface area (Å²) in [5.41, 5.74) is 5.32. The molecule has 3 nitrogen and oxygen atoms in total. The summed E-state index contributed by atoms with van der Waals surface area (Å²) < 4.78 is 5.39. The number of hydrogen-bond donors (Lipinski definition) is 2. The molecule has 0 bridgehead atoms. The average molecular weight is 159 g/mol. The van der Waals surface area contributed by atoms with Crippen molar-refractivity contribution in [2.24, 2.45) is 5.73 Å². The normalized spacial score (nSPS) is 28.4. The Bertz CT molecular complexity index is 102. The number of hydrogen-bond acceptors (Lipinski definition) is 3. The van der Waals surface area contributed by atoms with Crippen molar-refractivity contribution in [1.82, 2.24) is 0 Å². The van der Waals surface area contributed by atoms with Crippen LogP contribution in [0.2, 0.25) is 0 Å². The second kappa shape index (κ2) is 4.70. The molecule has 0 aromatic carbocycles. The van der Waals surface area contributed by atoms with Gasteiger partial charge in [0.05, 0.1) is 12.2 Å². The second-order valence-electron chi connectivity index (χ2n) is 3.05. The maximum Gasteiger partial charge on any atom is 0.0834 e. The largest absolute Gasteiger partial charge is 0.390 e. The lowest BCUT2D eigenvalue weighted by Gasteiger charge is -2.26. The van der Waals surface area contributed by atoms with Gasteiger partial charge in [0, 0.05) is 6.61 Å². The third-order valence-corrected chi connectivity index (χ3v) is 2.11. The van der Waals surface area contributed by atoms with Crippen LogP contribution >= 0.6 is 0 Å². The fourth-order valence-corrected chi connectivity index (χ4v) is 1.43. The van der Waals surface area contributed by atoms with Gasteiger partial charge in [0.25, 0.3) is 0 Å². The van der Waals surface area contributed by atoms with Gasteiger partial charge in [-0.3, -0.25) is 0 Å². The predicted molar refractivity (Wildman–Crippen MR) is 43.3 cm³/mol. The molecule has 0 aliphatic carbocycles. The molecule has 0 aromatic rings. The SMILES string of the molecule is NCC[C@@H](O)C1CCCCO1. The Labute approximate surface area is 67.5 Å². The summed E-state index contributed by atoms with van der Waals surface area (Å²) in [6.45, 7) is 1.34. The summed E-state index contributed by atoms with van der Waals surface area (Å²) in [5.74, 6) is 0. The van der Waals surface area contributed by atoms with Gasteiger partial charge in [-0.15, -0.1) is 0 Å². The Hall–Kier alpha value is -0.120. The molecule has 0 saturated carbocycles. The molecule has 0 amide bonds. The molecular weight excluding hydrogens is 142 g/mol. The lowest BCUT2D eigenvalue weighted by atomic mass is 10.0. The average Bonchev–Trinajstić information content (AvgIpc) is 2.07. The van der Waals surface area contributed by atoms with Crippen molar-refractivity contribution in [2.45, 2.75) is 37.9 Å². The van der Waals surface area contributed by atoms with Gasteiger partial charge in [0.2, 0.25) is 0 Å². The lowest BCUT2D eigenvalue weighted by molar-refractivity contribution is -0.0632. The summed E-state index contributed by atoms with van der Waals surface area (Å²) >= 11 is 0. The van der Waals surface area contributed by atoms with Crippen LogP contribution in [0.15, 0.2) is 0 Å². The molecule has 1 aliphatic rings. The summed E-state index contributed by atoms with van der Waals surface area (Å²) in [6, 6.07) is 0. The van der Waals surface area contributed by atoms with E-state index in [1.807, 2.05) is 0 Å². The van der Waals surface area contributed by atoms with E-state index in [0.717, 1.165) is 19.4 Å². The van der Waals surface area contributed by atoms with Gasteiger partial charge < -0.3 is 15.6 Å². The Morgan fingerprint density at radius 2 is 2.36 bits per heavy atom.